The molecular formula is C24H21FN4O4. The number of halogens is 1. The molecule has 0 aliphatic carbocycles. The van der Waals surface area contributed by atoms with E-state index in [1.54, 1.807) is 42.1 Å². The molecule has 8 nitrogen and oxygen atoms in total. The van der Waals surface area contributed by atoms with Gasteiger partial charge in [-0.15, -0.1) is 0 Å². The molecule has 0 spiro atoms. The van der Waals surface area contributed by atoms with Gasteiger partial charge in [0.1, 0.15) is 17.6 Å². The van der Waals surface area contributed by atoms with Gasteiger partial charge in [-0.2, -0.15) is 10.2 Å². The van der Waals surface area contributed by atoms with E-state index in [0.717, 1.165) is 10.9 Å². The Balaban J connectivity index is 1.76. The number of carbonyl (C=O) groups is 1. The van der Waals surface area contributed by atoms with E-state index in [4.69, 9.17) is 14.4 Å². The average Bonchev–Trinajstić information content (AvgIpc) is 3.37. The zero-order chi connectivity index (χ0) is 23.7. The summed E-state index contributed by atoms with van der Waals surface area (Å²) in [6.45, 7) is 3.73. The highest BCUT2D eigenvalue weighted by Gasteiger charge is 2.22. The SMILES string of the molecule is CC(C)Oc1ccc(-c2nc(-c3c(F)ccc4c(CCC(=O)O)cn(C)c34)no2)cc1C#N. The number of carboxylic acid groups (broad SMARTS) is 1. The normalized spacial score (nSPS) is 11.2. The first-order valence-electron chi connectivity index (χ1n) is 10.3. The second-order valence-electron chi connectivity index (χ2n) is 7.89. The van der Waals surface area contributed by atoms with Gasteiger partial charge in [-0.1, -0.05) is 5.16 Å². The summed E-state index contributed by atoms with van der Waals surface area (Å²) in [7, 11) is 1.75. The number of rotatable bonds is 7. The average molecular weight is 448 g/mol. The molecule has 0 saturated carbocycles. The van der Waals surface area contributed by atoms with Crippen LogP contribution in [0.4, 0.5) is 4.39 Å². The van der Waals surface area contributed by atoms with Crippen LogP contribution in [0, 0.1) is 17.1 Å². The van der Waals surface area contributed by atoms with Crippen LogP contribution in [-0.4, -0.2) is 31.9 Å². The van der Waals surface area contributed by atoms with Gasteiger partial charge in [0.25, 0.3) is 5.89 Å². The molecule has 2 heterocycles. The first-order chi connectivity index (χ1) is 15.8. The van der Waals surface area contributed by atoms with Crippen molar-refractivity contribution in [2.75, 3.05) is 0 Å². The molecule has 33 heavy (non-hydrogen) atoms. The van der Waals surface area contributed by atoms with E-state index in [0.29, 0.717) is 28.8 Å². The van der Waals surface area contributed by atoms with Crippen LogP contribution in [0.5, 0.6) is 5.75 Å². The third-order valence-electron chi connectivity index (χ3n) is 5.14. The molecule has 4 rings (SSSR count). The molecule has 168 valence electrons. The van der Waals surface area contributed by atoms with E-state index in [9.17, 15) is 14.4 Å². The summed E-state index contributed by atoms with van der Waals surface area (Å²) in [5.41, 5.74) is 2.31. The predicted octanol–water partition coefficient (Wildman–Crippen LogP) is 4.71. The number of hydrogen-bond donors (Lipinski definition) is 1. The monoisotopic (exact) mass is 448 g/mol. The molecule has 0 atom stereocenters. The maximum atomic E-state index is 14.9. The van der Waals surface area contributed by atoms with Crippen molar-refractivity contribution in [1.29, 1.82) is 5.26 Å². The van der Waals surface area contributed by atoms with Crippen LogP contribution >= 0.6 is 0 Å². The number of aliphatic carboxylic acids is 1. The second kappa shape index (κ2) is 8.74. The molecule has 0 radical (unpaired) electrons. The van der Waals surface area contributed by atoms with E-state index < -0.39 is 11.8 Å². The van der Waals surface area contributed by atoms with Gasteiger partial charge in [0, 0.05) is 30.6 Å². The van der Waals surface area contributed by atoms with Crippen molar-refractivity contribution >= 4 is 16.9 Å². The number of nitrogens with zero attached hydrogens (tertiary/aromatic N) is 4. The predicted molar refractivity (Wildman–Crippen MR) is 118 cm³/mol. The Kier molecular flexibility index (Phi) is 5.84. The lowest BCUT2D eigenvalue weighted by Gasteiger charge is -2.11. The van der Waals surface area contributed by atoms with Crippen molar-refractivity contribution in [3.8, 4) is 34.7 Å². The molecule has 0 saturated heterocycles. The summed E-state index contributed by atoms with van der Waals surface area (Å²) >= 11 is 0. The molecule has 2 aromatic carbocycles. The van der Waals surface area contributed by atoms with Crippen molar-refractivity contribution < 1.29 is 23.6 Å². The van der Waals surface area contributed by atoms with Gasteiger partial charge >= 0.3 is 5.97 Å². The summed E-state index contributed by atoms with van der Waals surface area (Å²) in [5, 5.41) is 23.2. The number of benzene rings is 2. The van der Waals surface area contributed by atoms with Crippen LogP contribution in [-0.2, 0) is 18.3 Å². The number of fused-ring (bicyclic) bond motifs is 1. The summed E-state index contributed by atoms with van der Waals surface area (Å²) in [6, 6.07) is 9.96. The first-order valence-corrected chi connectivity index (χ1v) is 10.3. The molecule has 0 unspecified atom stereocenters. The van der Waals surface area contributed by atoms with E-state index in [1.807, 2.05) is 13.8 Å². The van der Waals surface area contributed by atoms with E-state index in [1.165, 1.54) is 6.07 Å². The summed E-state index contributed by atoms with van der Waals surface area (Å²) in [5.74, 6) is -0.795. The Bertz CT molecular complexity index is 1400. The third kappa shape index (κ3) is 4.28. The van der Waals surface area contributed by atoms with Crippen LogP contribution in [0.15, 0.2) is 41.1 Å². The number of aromatic nitrogens is 3. The van der Waals surface area contributed by atoms with Crippen LogP contribution < -0.4 is 4.74 Å². The van der Waals surface area contributed by atoms with Crippen LogP contribution in [0.2, 0.25) is 0 Å². The molecule has 0 aliphatic rings. The first kappa shape index (κ1) is 22.0. The lowest BCUT2D eigenvalue weighted by molar-refractivity contribution is -0.136. The third-order valence-corrected chi connectivity index (χ3v) is 5.14. The minimum atomic E-state index is -0.904. The number of hydrogen-bond acceptors (Lipinski definition) is 6. The Morgan fingerprint density at radius 3 is 2.82 bits per heavy atom. The fourth-order valence-electron chi connectivity index (χ4n) is 3.76. The minimum Gasteiger partial charge on any atom is -0.490 e. The van der Waals surface area contributed by atoms with Crippen LogP contribution in [0.3, 0.4) is 0 Å². The number of nitriles is 1. The smallest absolute Gasteiger partial charge is 0.303 e. The summed E-state index contributed by atoms with van der Waals surface area (Å²) in [4.78, 5) is 15.4. The maximum absolute atomic E-state index is 14.9. The molecule has 0 bridgehead atoms. The fourth-order valence-corrected chi connectivity index (χ4v) is 3.76. The minimum absolute atomic E-state index is 0.0318. The molecule has 0 fully saturated rings. The van der Waals surface area contributed by atoms with Gasteiger partial charge in [0.15, 0.2) is 0 Å². The quantitative estimate of drug-likeness (QED) is 0.435. The zero-order valence-corrected chi connectivity index (χ0v) is 18.3. The van der Waals surface area contributed by atoms with Gasteiger partial charge in [0.2, 0.25) is 5.82 Å². The second-order valence-corrected chi connectivity index (χ2v) is 7.89. The van der Waals surface area contributed by atoms with Gasteiger partial charge in [-0.25, -0.2) is 4.39 Å². The van der Waals surface area contributed by atoms with Gasteiger partial charge < -0.3 is 18.9 Å². The topological polar surface area (TPSA) is 114 Å². The van der Waals surface area contributed by atoms with Crippen molar-refractivity contribution in [1.82, 2.24) is 14.7 Å². The van der Waals surface area contributed by atoms with E-state index >= 15 is 0 Å². The largest absolute Gasteiger partial charge is 0.490 e. The molecule has 0 aliphatic heterocycles. The van der Waals surface area contributed by atoms with Gasteiger partial charge in [-0.3, -0.25) is 4.79 Å². The van der Waals surface area contributed by atoms with Crippen molar-refractivity contribution in [3.05, 3.63) is 53.5 Å². The van der Waals surface area contributed by atoms with Crippen LogP contribution in [0.25, 0.3) is 33.7 Å². The van der Waals surface area contributed by atoms with E-state index in [-0.39, 0.29) is 29.8 Å². The lowest BCUT2D eigenvalue weighted by atomic mass is 10.0. The highest BCUT2D eigenvalue weighted by molar-refractivity contribution is 5.96. The standard InChI is InChI=1S/C24H21FN4O4/c1-13(2)32-19-8-4-14(10-16(19)11-26)24-27-23(28-33-24)21-18(25)7-6-17-15(5-9-20(30)31)12-29(3)22(17)21/h4,6-8,10,12-13H,5,9H2,1-3H3,(H,30,31). The number of aryl methyl sites for hydroxylation is 2. The Hall–Kier alpha value is -4.19. The van der Waals surface area contributed by atoms with Crippen molar-refractivity contribution in [2.24, 2.45) is 7.05 Å². The molecule has 0 amide bonds. The Morgan fingerprint density at radius 1 is 1.33 bits per heavy atom. The highest BCUT2D eigenvalue weighted by Crippen LogP contribution is 2.34. The zero-order valence-electron chi connectivity index (χ0n) is 18.3. The van der Waals surface area contributed by atoms with Crippen LogP contribution in [0.1, 0.15) is 31.4 Å². The number of ether oxygens (including phenoxy) is 1. The summed E-state index contributed by atoms with van der Waals surface area (Å²) < 4.78 is 27.7. The molecule has 1 N–H and O–H groups in total. The highest BCUT2D eigenvalue weighted by atomic mass is 19.1. The molecule has 4 aromatic rings. The molecular weight excluding hydrogens is 427 g/mol. The Labute approximate surface area is 188 Å². The number of carboxylic acids is 1. The summed E-state index contributed by atoms with van der Waals surface area (Å²) in [6.07, 6.45) is 1.98. The lowest BCUT2D eigenvalue weighted by Crippen LogP contribution is -2.06. The fraction of sp³-hybridized carbons (Fsp3) is 0.250. The molecule has 2 aromatic heterocycles. The van der Waals surface area contributed by atoms with Crippen molar-refractivity contribution in [3.63, 3.8) is 0 Å². The Morgan fingerprint density at radius 2 is 2.12 bits per heavy atom. The maximum Gasteiger partial charge on any atom is 0.303 e. The molecule has 9 heteroatoms. The van der Waals surface area contributed by atoms with E-state index in [2.05, 4.69) is 16.2 Å². The van der Waals surface area contributed by atoms with Gasteiger partial charge in [-0.05, 0) is 56.2 Å². The van der Waals surface area contributed by atoms with Crippen molar-refractivity contribution in [2.45, 2.75) is 32.8 Å². The van der Waals surface area contributed by atoms with Gasteiger partial charge in [0.05, 0.1) is 22.7 Å².